The van der Waals surface area contributed by atoms with Crippen LogP contribution >= 0.6 is 0 Å². The summed E-state index contributed by atoms with van der Waals surface area (Å²) >= 11 is 0. The van der Waals surface area contributed by atoms with Crippen LogP contribution in [0, 0.1) is 0 Å². The van der Waals surface area contributed by atoms with Crippen molar-refractivity contribution < 1.29 is 0 Å². The molecule has 0 N–H and O–H groups in total. The molecule has 5 rings (SSSR count). The maximum atomic E-state index is 4.77. The molecule has 0 radical (unpaired) electrons. The van der Waals surface area contributed by atoms with E-state index in [1.807, 2.05) is 28.8 Å². The van der Waals surface area contributed by atoms with Gasteiger partial charge in [0.05, 0.1) is 17.6 Å². The first-order valence-corrected chi connectivity index (χ1v) is 8.26. The van der Waals surface area contributed by atoms with Gasteiger partial charge in [-0.1, -0.05) is 48.5 Å². The molecular weight excluding hydrogens is 308 g/mol. The van der Waals surface area contributed by atoms with Gasteiger partial charge in [-0.3, -0.25) is 0 Å². The lowest BCUT2D eigenvalue weighted by Gasteiger charge is -2.08. The van der Waals surface area contributed by atoms with Gasteiger partial charge in [0, 0.05) is 41.3 Å². The summed E-state index contributed by atoms with van der Waals surface area (Å²) in [7, 11) is 2.07. The predicted molar refractivity (Wildman–Crippen MR) is 100 cm³/mol. The van der Waals surface area contributed by atoms with Gasteiger partial charge in [0.15, 0.2) is 5.65 Å². The van der Waals surface area contributed by atoms with Gasteiger partial charge in [-0.25, -0.2) is 9.50 Å². The maximum absolute atomic E-state index is 4.77. The summed E-state index contributed by atoms with van der Waals surface area (Å²) < 4.78 is 4.07. The van der Waals surface area contributed by atoms with Crippen LogP contribution in [0.2, 0.25) is 0 Å². The third-order valence-electron chi connectivity index (χ3n) is 4.60. The Labute approximate surface area is 145 Å². The minimum absolute atomic E-state index is 0.851. The third kappa shape index (κ3) is 2.15. The highest BCUT2D eigenvalue weighted by Gasteiger charge is 2.14. The minimum Gasteiger partial charge on any atom is -0.350 e. The lowest BCUT2D eigenvalue weighted by Crippen LogP contribution is -1.97. The zero-order valence-electron chi connectivity index (χ0n) is 13.8. The molecule has 0 amide bonds. The summed E-state index contributed by atoms with van der Waals surface area (Å²) in [4.78, 5) is 4.77. The van der Waals surface area contributed by atoms with Crippen LogP contribution in [-0.4, -0.2) is 19.2 Å². The molecule has 0 spiro atoms. The lowest BCUT2D eigenvalue weighted by molar-refractivity contribution is 0.941. The zero-order valence-corrected chi connectivity index (χ0v) is 13.8. The molecule has 5 aromatic rings. The number of hydrogen-bond acceptors (Lipinski definition) is 2. The van der Waals surface area contributed by atoms with Crippen molar-refractivity contribution in [2.45, 2.75) is 0 Å². The molecule has 0 saturated carbocycles. The van der Waals surface area contributed by atoms with E-state index in [1.54, 1.807) is 6.20 Å². The number of benzene rings is 2. The summed E-state index contributed by atoms with van der Waals surface area (Å²) in [5.74, 6) is 0. The van der Waals surface area contributed by atoms with Crippen molar-refractivity contribution >= 4 is 16.6 Å². The van der Waals surface area contributed by atoms with Gasteiger partial charge in [-0.05, 0) is 12.1 Å². The van der Waals surface area contributed by atoms with Crippen LogP contribution in [0.4, 0.5) is 0 Å². The molecule has 0 aliphatic rings. The van der Waals surface area contributed by atoms with E-state index in [2.05, 4.69) is 65.4 Å². The van der Waals surface area contributed by atoms with Crippen molar-refractivity contribution in [3.05, 3.63) is 79.1 Å². The second-order valence-corrected chi connectivity index (χ2v) is 6.16. The molecule has 3 aromatic heterocycles. The Bertz CT molecular complexity index is 1200. The second kappa shape index (κ2) is 5.31. The fraction of sp³-hybridized carbons (Fsp3) is 0.0476. The van der Waals surface area contributed by atoms with Gasteiger partial charge in [0.2, 0.25) is 0 Å². The van der Waals surface area contributed by atoms with E-state index < -0.39 is 0 Å². The fourth-order valence-electron chi connectivity index (χ4n) is 3.41. The first-order valence-electron chi connectivity index (χ1n) is 8.26. The number of hydrogen-bond donors (Lipinski definition) is 0. The SMILES string of the molecule is Cn1cc(-c2cc(-c3ccccc3)nc3ccnn23)c2ccccc21. The van der Waals surface area contributed by atoms with Crippen molar-refractivity contribution in [3.63, 3.8) is 0 Å². The fourth-order valence-corrected chi connectivity index (χ4v) is 3.41. The summed E-state index contributed by atoms with van der Waals surface area (Å²) in [6, 6.07) is 22.8. The Morgan fingerprint density at radius 3 is 2.56 bits per heavy atom. The summed E-state index contributed by atoms with van der Waals surface area (Å²) in [5.41, 5.74) is 6.32. The van der Waals surface area contributed by atoms with Gasteiger partial charge in [-0.15, -0.1) is 0 Å². The molecule has 0 saturated heterocycles. The number of rotatable bonds is 2. The van der Waals surface area contributed by atoms with Gasteiger partial charge in [0.25, 0.3) is 0 Å². The topological polar surface area (TPSA) is 35.1 Å². The molecule has 4 heteroatoms. The Morgan fingerprint density at radius 2 is 1.68 bits per heavy atom. The van der Waals surface area contributed by atoms with Crippen molar-refractivity contribution in [1.82, 2.24) is 19.2 Å². The summed E-state index contributed by atoms with van der Waals surface area (Å²) in [5, 5.41) is 5.71. The molecule has 0 unspecified atom stereocenters. The monoisotopic (exact) mass is 324 g/mol. The van der Waals surface area contributed by atoms with Gasteiger partial charge >= 0.3 is 0 Å². The number of aromatic nitrogens is 4. The summed E-state index contributed by atoms with van der Waals surface area (Å²) in [6.45, 7) is 0. The molecule has 25 heavy (non-hydrogen) atoms. The molecule has 3 heterocycles. The van der Waals surface area contributed by atoms with Crippen molar-refractivity contribution in [1.29, 1.82) is 0 Å². The number of aryl methyl sites for hydroxylation is 1. The number of fused-ring (bicyclic) bond motifs is 2. The average molecular weight is 324 g/mol. The second-order valence-electron chi connectivity index (χ2n) is 6.16. The van der Waals surface area contributed by atoms with Crippen LogP contribution in [0.3, 0.4) is 0 Å². The molecule has 0 aliphatic heterocycles. The first-order chi connectivity index (χ1) is 12.3. The van der Waals surface area contributed by atoms with Crippen LogP contribution in [0.5, 0.6) is 0 Å². The Balaban J connectivity index is 1.85. The standard InChI is InChI=1S/C21H16N4/c1-24-14-17(16-9-5-6-10-19(16)24)20-13-18(15-7-3-2-4-8-15)23-21-11-12-22-25(20)21/h2-14H,1H3. The smallest absolute Gasteiger partial charge is 0.156 e. The number of nitrogens with zero attached hydrogens (tertiary/aromatic N) is 4. The zero-order chi connectivity index (χ0) is 16.8. The molecule has 0 fully saturated rings. The lowest BCUT2D eigenvalue weighted by atomic mass is 10.1. The highest BCUT2D eigenvalue weighted by Crippen LogP contribution is 2.32. The van der Waals surface area contributed by atoms with E-state index in [1.165, 1.54) is 10.9 Å². The van der Waals surface area contributed by atoms with Crippen molar-refractivity contribution in [2.75, 3.05) is 0 Å². The third-order valence-corrected chi connectivity index (χ3v) is 4.60. The Morgan fingerprint density at radius 1 is 0.880 bits per heavy atom. The molecular formula is C21H16N4. The largest absolute Gasteiger partial charge is 0.350 e. The predicted octanol–water partition coefficient (Wildman–Crippen LogP) is 4.56. The van der Waals surface area contributed by atoms with Crippen LogP contribution in [-0.2, 0) is 7.05 Å². The van der Waals surface area contributed by atoms with Gasteiger partial charge < -0.3 is 4.57 Å². The quantitative estimate of drug-likeness (QED) is 0.477. The Hall–Kier alpha value is -3.40. The minimum atomic E-state index is 0.851. The van der Waals surface area contributed by atoms with Gasteiger partial charge in [-0.2, -0.15) is 5.10 Å². The van der Waals surface area contributed by atoms with E-state index in [-0.39, 0.29) is 0 Å². The van der Waals surface area contributed by atoms with Crippen LogP contribution in [0.1, 0.15) is 0 Å². The van der Waals surface area contributed by atoms with E-state index in [4.69, 9.17) is 4.98 Å². The first kappa shape index (κ1) is 14.0. The molecule has 2 aromatic carbocycles. The summed E-state index contributed by atoms with van der Waals surface area (Å²) in [6.07, 6.45) is 3.96. The maximum Gasteiger partial charge on any atom is 0.156 e. The van der Waals surface area contributed by atoms with Crippen molar-refractivity contribution in [3.8, 4) is 22.5 Å². The van der Waals surface area contributed by atoms with Crippen LogP contribution in [0.25, 0.3) is 39.1 Å². The van der Waals surface area contributed by atoms with Crippen molar-refractivity contribution in [2.24, 2.45) is 7.05 Å². The highest BCUT2D eigenvalue weighted by atomic mass is 15.2. The van der Waals surface area contributed by atoms with E-state index in [9.17, 15) is 0 Å². The van der Waals surface area contributed by atoms with Crippen LogP contribution in [0.15, 0.2) is 79.1 Å². The van der Waals surface area contributed by atoms with E-state index in [0.717, 1.165) is 28.2 Å². The average Bonchev–Trinajstić information content (AvgIpc) is 3.27. The van der Waals surface area contributed by atoms with Crippen LogP contribution < -0.4 is 0 Å². The van der Waals surface area contributed by atoms with E-state index >= 15 is 0 Å². The normalized spacial score (nSPS) is 11.4. The molecule has 4 nitrogen and oxygen atoms in total. The highest BCUT2D eigenvalue weighted by molar-refractivity contribution is 5.96. The van der Waals surface area contributed by atoms with Gasteiger partial charge in [0.1, 0.15) is 0 Å². The molecule has 0 bridgehead atoms. The number of para-hydroxylation sites is 1. The molecule has 120 valence electrons. The molecule has 0 aliphatic carbocycles. The Kier molecular flexibility index (Phi) is 2.97. The van der Waals surface area contributed by atoms with E-state index in [0.29, 0.717) is 0 Å². The molecule has 0 atom stereocenters.